The number of allylic oxidation sites excluding steroid dienone is 2. The van der Waals surface area contributed by atoms with E-state index in [1.54, 1.807) is 0 Å². The monoisotopic (exact) mass is 634 g/mol. The molecule has 1 aliphatic heterocycles. The van der Waals surface area contributed by atoms with Gasteiger partial charge in [-0.2, -0.15) is 0 Å². The van der Waals surface area contributed by atoms with E-state index in [4.69, 9.17) is 13.6 Å². The maximum Gasteiger partial charge on any atom is 0.306 e. The van der Waals surface area contributed by atoms with Crippen molar-refractivity contribution >= 4 is 28.4 Å². The minimum Gasteiger partial charge on any atom is -0.462 e. The number of esters is 1. The van der Waals surface area contributed by atoms with Crippen LogP contribution in [0, 0.1) is 41.4 Å². The van der Waals surface area contributed by atoms with Crippen LogP contribution in [0.25, 0.3) is 0 Å². The van der Waals surface area contributed by atoms with E-state index in [0.717, 1.165) is 25.7 Å². The summed E-state index contributed by atoms with van der Waals surface area (Å²) >= 11 is 0. The van der Waals surface area contributed by atoms with Crippen LogP contribution in [0.2, 0.25) is 36.3 Å². The fourth-order valence-corrected chi connectivity index (χ4v) is 10.6. The quantitative estimate of drug-likeness (QED) is 0.171. The summed E-state index contributed by atoms with van der Waals surface area (Å²) in [5.41, 5.74) is 0. The molecular formula is C36H64O5Si2. The number of ketones is 1. The third-order valence-electron chi connectivity index (χ3n) is 12.5. The summed E-state index contributed by atoms with van der Waals surface area (Å²) in [6, 6.07) is 0. The summed E-state index contributed by atoms with van der Waals surface area (Å²) in [4.78, 5) is 28.3. The van der Waals surface area contributed by atoms with Crippen LogP contribution in [0.4, 0.5) is 0 Å². The lowest BCUT2D eigenvalue weighted by atomic mass is 9.71. The van der Waals surface area contributed by atoms with Gasteiger partial charge in [0.15, 0.2) is 16.6 Å². The molecule has 3 fully saturated rings. The van der Waals surface area contributed by atoms with E-state index in [1.807, 2.05) is 13.8 Å². The molecule has 0 aromatic heterocycles. The molecule has 7 heteroatoms. The molecule has 0 spiro atoms. The smallest absolute Gasteiger partial charge is 0.306 e. The highest BCUT2D eigenvalue weighted by Gasteiger charge is 2.55. The Morgan fingerprint density at radius 2 is 1.51 bits per heavy atom. The number of hydrogen-bond acceptors (Lipinski definition) is 5. The maximum atomic E-state index is 14.7. The molecule has 246 valence electrons. The Hall–Kier alpha value is -0.766. The van der Waals surface area contributed by atoms with Gasteiger partial charge in [-0.15, -0.1) is 0 Å². The zero-order valence-corrected chi connectivity index (χ0v) is 31.4. The molecule has 0 aromatic rings. The maximum absolute atomic E-state index is 14.7. The van der Waals surface area contributed by atoms with Gasteiger partial charge in [-0.3, -0.25) is 9.59 Å². The summed E-state index contributed by atoms with van der Waals surface area (Å²) in [5, 5.41) is 0.138. The predicted molar refractivity (Wildman–Crippen MR) is 181 cm³/mol. The van der Waals surface area contributed by atoms with E-state index in [9.17, 15) is 12.3 Å². The molecule has 1 heterocycles. The number of rotatable bonds is 5. The first kappa shape index (κ1) is 32.2. The first-order valence-electron chi connectivity index (χ1n) is 18.3. The van der Waals surface area contributed by atoms with Crippen LogP contribution in [0.5, 0.6) is 0 Å². The Kier molecular flexibility index (Phi) is 9.58. The van der Waals surface area contributed by atoms with Crippen LogP contribution in [0.3, 0.4) is 0 Å². The van der Waals surface area contributed by atoms with Crippen LogP contribution in [0.1, 0.15) is 109 Å². The average Bonchev–Trinajstić information content (AvgIpc) is 3.50. The number of ether oxygens (including phenoxy) is 1. The Labute approximate surface area is 268 Å². The third kappa shape index (κ3) is 7.46. The van der Waals surface area contributed by atoms with Gasteiger partial charge in [0, 0.05) is 27.1 Å². The van der Waals surface area contributed by atoms with Crippen molar-refractivity contribution in [2.24, 2.45) is 41.4 Å². The first-order valence-corrected chi connectivity index (χ1v) is 23.1. The van der Waals surface area contributed by atoms with Gasteiger partial charge < -0.3 is 13.6 Å². The van der Waals surface area contributed by atoms with Crippen molar-refractivity contribution in [3.63, 3.8) is 0 Å². The van der Waals surface area contributed by atoms with E-state index >= 15 is 0 Å². The highest BCUT2D eigenvalue weighted by atomic mass is 28.4. The highest BCUT2D eigenvalue weighted by Crippen LogP contribution is 2.57. The van der Waals surface area contributed by atoms with Crippen molar-refractivity contribution in [1.82, 2.24) is 0 Å². The minimum absolute atomic E-state index is 0.00852. The second kappa shape index (κ2) is 12.8. The molecule has 0 bridgehead atoms. The second-order valence-electron chi connectivity index (χ2n) is 17.4. The fourth-order valence-electron chi connectivity index (χ4n) is 7.77. The lowest BCUT2D eigenvalue weighted by Gasteiger charge is -2.41. The predicted octanol–water partition coefficient (Wildman–Crippen LogP) is 9.33. The van der Waals surface area contributed by atoms with Crippen molar-refractivity contribution in [2.45, 2.75) is 161 Å². The van der Waals surface area contributed by atoms with Crippen LogP contribution >= 0.6 is 0 Å². The summed E-state index contributed by atoms with van der Waals surface area (Å²) in [5.74, 6) is -1.71. The topological polar surface area (TPSA) is 61.8 Å². The summed E-state index contributed by atoms with van der Waals surface area (Å²) < 4.78 is 38.4. The number of carbonyl (C=O) groups is 2. The number of cyclic esters (lactones) is 1. The van der Waals surface area contributed by atoms with Crippen molar-refractivity contribution in [3.8, 4) is 0 Å². The van der Waals surface area contributed by atoms with E-state index in [-0.39, 0.29) is 51.9 Å². The van der Waals surface area contributed by atoms with Gasteiger partial charge in [0.25, 0.3) is 0 Å². The van der Waals surface area contributed by atoms with Crippen molar-refractivity contribution in [2.75, 3.05) is 0 Å². The van der Waals surface area contributed by atoms with E-state index in [0.29, 0.717) is 31.1 Å². The van der Waals surface area contributed by atoms with Gasteiger partial charge in [-0.1, -0.05) is 67.5 Å². The molecule has 10 atom stereocenters. The Morgan fingerprint density at radius 3 is 2.12 bits per heavy atom. The molecule has 43 heavy (non-hydrogen) atoms. The SMILES string of the molecule is [2H]C1([2H])C(=O)O[C@@H](CC)CCC[C@H](O[Si](C)(C)C(C)(C)C)[C@@H](C)C(=O)[C@H]2C[C@@H]3[C@@H](C=C[C@@H]4C[C@@H](O[Si](C)(C)C(C)(C)C)C[C@@H]34)[C@@H]21. The molecule has 3 aliphatic carbocycles. The lowest BCUT2D eigenvalue weighted by Crippen LogP contribution is -2.47. The molecule has 0 unspecified atom stereocenters. The van der Waals surface area contributed by atoms with Crippen molar-refractivity contribution in [1.29, 1.82) is 0 Å². The van der Waals surface area contributed by atoms with Crippen LogP contribution in [0.15, 0.2) is 12.2 Å². The van der Waals surface area contributed by atoms with Crippen LogP contribution in [-0.2, 0) is 23.2 Å². The number of fused-ring (bicyclic) bond motifs is 5. The molecular weight excluding hydrogens is 569 g/mol. The number of carbonyl (C=O) groups excluding carboxylic acids is 2. The molecule has 0 amide bonds. The molecule has 0 aromatic carbocycles. The zero-order valence-electron chi connectivity index (χ0n) is 31.4. The molecule has 4 aliphatic rings. The number of hydrogen-bond donors (Lipinski definition) is 0. The normalized spacial score (nSPS) is 39.9. The molecule has 1 saturated heterocycles. The Balaban J connectivity index is 1.69. The standard InChI is InChI=1S/C36H64O5Si2/c1-13-25-15-14-16-32(41-43(11,12)36(6,7)8)23(2)34(38)31-21-29-27(30(31)22-33(37)39-25)18-17-24-19-26(20-28(24)29)40-42(9,10)35(3,4)5/h17-18,23-32H,13-16,19-22H2,1-12H3/t23-,24-,25+,26-,27-,28-,29-,30+,31+,32+/m1/s1/i22D2. The van der Waals surface area contributed by atoms with Gasteiger partial charge in [0.2, 0.25) is 0 Å². The van der Waals surface area contributed by atoms with E-state index < -0.39 is 40.8 Å². The van der Waals surface area contributed by atoms with Crippen LogP contribution in [-0.4, -0.2) is 46.7 Å². The Morgan fingerprint density at radius 1 is 0.884 bits per heavy atom. The van der Waals surface area contributed by atoms with E-state index in [1.165, 1.54) is 0 Å². The van der Waals surface area contributed by atoms with Gasteiger partial charge >= 0.3 is 5.97 Å². The second-order valence-corrected chi connectivity index (χ2v) is 26.9. The molecule has 5 nitrogen and oxygen atoms in total. The summed E-state index contributed by atoms with van der Waals surface area (Å²) in [6.45, 7) is 26.6. The number of Topliss-reactive ketones (excluding diaryl/α,β-unsaturated/α-hetero) is 1. The third-order valence-corrected chi connectivity index (χ3v) is 21.6. The molecule has 4 rings (SSSR count). The minimum atomic E-state index is -2.26. The van der Waals surface area contributed by atoms with Crippen LogP contribution < -0.4 is 0 Å². The van der Waals surface area contributed by atoms with Gasteiger partial charge in [-0.25, -0.2) is 0 Å². The molecule has 2 saturated carbocycles. The van der Waals surface area contributed by atoms with Crippen molar-refractivity contribution < 1.29 is 25.9 Å². The van der Waals surface area contributed by atoms with Gasteiger partial charge in [-0.05, 0) is 111 Å². The zero-order chi connectivity index (χ0) is 33.9. The fraction of sp³-hybridized carbons (Fsp3) is 0.889. The largest absolute Gasteiger partial charge is 0.462 e. The first-order chi connectivity index (χ1) is 20.5. The summed E-state index contributed by atoms with van der Waals surface area (Å²) in [7, 11) is -4.12. The Bertz CT molecular complexity index is 1120. The highest BCUT2D eigenvalue weighted by molar-refractivity contribution is 6.74. The van der Waals surface area contributed by atoms with E-state index in [2.05, 4.69) is 79.9 Å². The van der Waals surface area contributed by atoms with Gasteiger partial charge in [0.1, 0.15) is 11.9 Å². The molecule has 0 N–H and O–H groups in total. The van der Waals surface area contributed by atoms with Crippen molar-refractivity contribution in [3.05, 3.63) is 12.2 Å². The summed E-state index contributed by atoms with van der Waals surface area (Å²) in [6.07, 6.45) is 7.14. The molecule has 0 radical (unpaired) electrons. The van der Waals surface area contributed by atoms with Gasteiger partial charge in [0.05, 0.1) is 6.10 Å². The lowest BCUT2D eigenvalue weighted by molar-refractivity contribution is -0.152. The average molecular weight is 635 g/mol.